The van der Waals surface area contributed by atoms with Crippen LogP contribution in [0.15, 0.2) is 30.6 Å². The molecule has 4 heteroatoms. The van der Waals surface area contributed by atoms with Crippen LogP contribution in [-0.2, 0) is 13.1 Å². The van der Waals surface area contributed by atoms with Crippen LogP contribution in [0.3, 0.4) is 0 Å². The van der Waals surface area contributed by atoms with E-state index in [9.17, 15) is 0 Å². The van der Waals surface area contributed by atoms with Crippen LogP contribution in [0.5, 0.6) is 0 Å². The SMILES string of the molecule is Cc1ccc(Cn2ncnc2CNC2CC2)cc1. The summed E-state index contributed by atoms with van der Waals surface area (Å²) in [6.07, 6.45) is 4.23. The number of hydrogen-bond donors (Lipinski definition) is 1. The minimum absolute atomic E-state index is 0.703. The smallest absolute Gasteiger partial charge is 0.141 e. The van der Waals surface area contributed by atoms with Gasteiger partial charge >= 0.3 is 0 Å². The first-order valence-corrected chi connectivity index (χ1v) is 6.47. The summed E-state index contributed by atoms with van der Waals surface area (Å²) in [5, 5.41) is 7.77. The number of nitrogens with zero attached hydrogens (tertiary/aromatic N) is 3. The minimum atomic E-state index is 0.703. The monoisotopic (exact) mass is 242 g/mol. The Bertz CT molecular complexity index is 511. The molecule has 0 aliphatic heterocycles. The highest BCUT2D eigenvalue weighted by molar-refractivity contribution is 5.21. The molecule has 0 atom stereocenters. The molecule has 0 amide bonds. The van der Waals surface area contributed by atoms with Crippen molar-refractivity contribution in [3.8, 4) is 0 Å². The predicted molar refractivity (Wildman–Crippen MR) is 70.2 cm³/mol. The minimum Gasteiger partial charge on any atom is -0.307 e. The lowest BCUT2D eigenvalue weighted by atomic mass is 10.1. The fourth-order valence-electron chi connectivity index (χ4n) is 1.95. The predicted octanol–water partition coefficient (Wildman–Crippen LogP) is 1.89. The maximum Gasteiger partial charge on any atom is 0.141 e. The molecule has 3 rings (SSSR count). The Balaban J connectivity index is 1.67. The van der Waals surface area contributed by atoms with Crippen molar-refractivity contribution in [3.63, 3.8) is 0 Å². The van der Waals surface area contributed by atoms with Crippen molar-refractivity contribution in [1.82, 2.24) is 20.1 Å². The van der Waals surface area contributed by atoms with Crippen LogP contribution < -0.4 is 5.32 Å². The van der Waals surface area contributed by atoms with Crippen LogP contribution >= 0.6 is 0 Å². The van der Waals surface area contributed by atoms with Gasteiger partial charge in [-0.1, -0.05) is 29.8 Å². The third-order valence-corrected chi connectivity index (χ3v) is 3.27. The molecular formula is C14H18N4. The molecule has 1 aromatic heterocycles. The third-order valence-electron chi connectivity index (χ3n) is 3.27. The van der Waals surface area contributed by atoms with Gasteiger partial charge in [0.25, 0.3) is 0 Å². The number of hydrogen-bond acceptors (Lipinski definition) is 3. The van der Waals surface area contributed by atoms with Crippen LogP contribution in [0.25, 0.3) is 0 Å². The highest BCUT2D eigenvalue weighted by atomic mass is 15.3. The molecule has 1 saturated carbocycles. The molecule has 1 heterocycles. The number of rotatable bonds is 5. The second kappa shape index (κ2) is 4.90. The summed E-state index contributed by atoms with van der Waals surface area (Å²) < 4.78 is 1.97. The van der Waals surface area contributed by atoms with Gasteiger partial charge in [0, 0.05) is 6.04 Å². The van der Waals surface area contributed by atoms with Gasteiger partial charge in [0.15, 0.2) is 0 Å². The lowest BCUT2D eigenvalue weighted by Crippen LogP contribution is -2.19. The van der Waals surface area contributed by atoms with E-state index in [-0.39, 0.29) is 0 Å². The van der Waals surface area contributed by atoms with Crippen molar-refractivity contribution in [2.45, 2.75) is 38.9 Å². The Morgan fingerprint density at radius 2 is 2.06 bits per heavy atom. The van der Waals surface area contributed by atoms with Crippen molar-refractivity contribution in [2.24, 2.45) is 0 Å². The molecule has 0 unspecified atom stereocenters. The van der Waals surface area contributed by atoms with Gasteiger partial charge in [0.05, 0.1) is 13.1 Å². The van der Waals surface area contributed by atoms with Gasteiger partial charge < -0.3 is 5.32 Å². The van der Waals surface area contributed by atoms with Gasteiger partial charge in [-0.05, 0) is 25.3 Å². The number of aryl methyl sites for hydroxylation is 1. The molecule has 0 radical (unpaired) electrons. The fourth-order valence-corrected chi connectivity index (χ4v) is 1.95. The lowest BCUT2D eigenvalue weighted by Gasteiger charge is -2.07. The van der Waals surface area contributed by atoms with E-state index in [1.165, 1.54) is 24.0 Å². The first-order valence-electron chi connectivity index (χ1n) is 6.47. The summed E-state index contributed by atoms with van der Waals surface area (Å²) in [6, 6.07) is 9.27. The summed E-state index contributed by atoms with van der Waals surface area (Å²) in [5.74, 6) is 1.02. The highest BCUT2D eigenvalue weighted by Crippen LogP contribution is 2.19. The van der Waals surface area contributed by atoms with Crippen LogP contribution in [-0.4, -0.2) is 20.8 Å². The normalized spacial score (nSPS) is 14.9. The average molecular weight is 242 g/mol. The summed E-state index contributed by atoms with van der Waals surface area (Å²) >= 11 is 0. The van der Waals surface area contributed by atoms with E-state index in [0.717, 1.165) is 18.9 Å². The molecule has 0 spiro atoms. The Morgan fingerprint density at radius 3 is 2.78 bits per heavy atom. The van der Waals surface area contributed by atoms with Crippen molar-refractivity contribution in [3.05, 3.63) is 47.5 Å². The molecule has 4 nitrogen and oxygen atoms in total. The lowest BCUT2D eigenvalue weighted by molar-refractivity contribution is 0.583. The van der Waals surface area contributed by atoms with E-state index >= 15 is 0 Å². The second-order valence-corrected chi connectivity index (χ2v) is 4.97. The van der Waals surface area contributed by atoms with E-state index < -0.39 is 0 Å². The van der Waals surface area contributed by atoms with Gasteiger partial charge in [-0.15, -0.1) is 0 Å². The molecule has 0 bridgehead atoms. The Hall–Kier alpha value is -1.68. The van der Waals surface area contributed by atoms with E-state index in [2.05, 4.69) is 46.6 Å². The van der Waals surface area contributed by atoms with Crippen LogP contribution in [0.4, 0.5) is 0 Å². The number of nitrogens with one attached hydrogen (secondary N) is 1. The zero-order chi connectivity index (χ0) is 12.4. The molecule has 0 saturated heterocycles. The maximum absolute atomic E-state index is 4.32. The Labute approximate surface area is 107 Å². The third kappa shape index (κ3) is 2.76. The molecule has 1 N–H and O–H groups in total. The summed E-state index contributed by atoms with van der Waals surface area (Å²) in [4.78, 5) is 4.32. The van der Waals surface area contributed by atoms with Gasteiger partial charge in [-0.2, -0.15) is 5.10 Å². The maximum atomic E-state index is 4.32. The topological polar surface area (TPSA) is 42.7 Å². The van der Waals surface area contributed by atoms with E-state index in [0.29, 0.717) is 6.04 Å². The van der Waals surface area contributed by atoms with E-state index in [1.807, 2.05) is 4.68 Å². The largest absolute Gasteiger partial charge is 0.307 e. The van der Waals surface area contributed by atoms with Crippen LogP contribution in [0.2, 0.25) is 0 Å². The van der Waals surface area contributed by atoms with Gasteiger partial charge in [-0.25, -0.2) is 9.67 Å². The zero-order valence-corrected chi connectivity index (χ0v) is 10.6. The molecule has 94 valence electrons. The van der Waals surface area contributed by atoms with E-state index in [1.54, 1.807) is 6.33 Å². The first-order chi connectivity index (χ1) is 8.81. The quantitative estimate of drug-likeness (QED) is 0.870. The van der Waals surface area contributed by atoms with Crippen molar-refractivity contribution in [2.75, 3.05) is 0 Å². The van der Waals surface area contributed by atoms with Gasteiger partial charge in [0.2, 0.25) is 0 Å². The number of aromatic nitrogens is 3. The van der Waals surface area contributed by atoms with Crippen LogP contribution in [0, 0.1) is 6.92 Å². The summed E-state index contributed by atoms with van der Waals surface area (Å²) in [6.45, 7) is 3.71. The fraction of sp³-hybridized carbons (Fsp3) is 0.429. The highest BCUT2D eigenvalue weighted by Gasteiger charge is 2.20. The van der Waals surface area contributed by atoms with E-state index in [4.69, 9.17) is 0 Å². The van der Waals surface area contributed by atoms with Crippen molar-refractivity contribution < 1.29 is 0 Å². The number of benzene rings is 1. The van der Waals surface area contributed by atoms with Crippen molar-refractivity contribution >= 4 is 0 Å². The Kier molecular flexibility index (Phi) is 3.11. The molecule has 18 heavy (non-hydrogen) atoms. The molecule has 1 aromatic carbocycles. The average Bonchev–Trinajstić information content (AvgIpc) is 3.11. The Morgan fingerprint density at radius 1 is 1.28 bits per heavy atom. The summed E-state index contributed by atoms with van der Waals surface area (Å²) in [7, 11) is 0. The standard InChI is InChI=1S/C14H18N4/c1-11-2-4-12(5-3-11)9-18-14(16-10-17-18)8-15-13-6-7-13/h2-5,10,13,15H,6-9H2,1H3. The molecule has 1 fully saturated rings. The van der Waals surface area contributed by atoms with Gasteiger partial charge in [-0.3, -0.25) is 0 Å². The van der Waals surface area contributed by atoms with Gasteiger partial charge in [0.1, 0.15) is 12.2 Å². The summed E-state index contributed by atoms with van der Waals surface area (Å²) in [5.41, 5.74) is 2.55. The van der Waals surface area contributed by atoms with Crippen LogP contribution in [0.1, 0.15) is 29.8 Å². The molecular weight excluding hydrogens is 224 g/mol. The molecule has 1 aliphatic carbocycles. The second-order valence-electron chi connectivity index (χ2n) is 4.97. The first kappa shape index (κ1) is 11.4. The molecule has 1 aliphatic rings. The van der Waals surface area contributed by atoms with Crippen molar-refractivity contribution in [1.29, 1.82) is 0 Å². The zero-order valence-electron chi connectivity index (χ0n) is 10.6. The molecule has 2 aromatic rings.